The molecule has 3 nitrogen and oxygen atoms in total. The Balaban J connectivity index is 0. The Bertz CT molecular complexity index is 10.9. The van der Waals surface area contributed by atoms with E-state index < -0.39 is 0 Å². The summed E-state index contributed by atoms with van der Waals surface area (Å²) in [7, 11) is 0. The Morgan fingerprint density at radius 2 is 0.429 bits per heavy atom. The van der Waals surface area contributed by atoms with Gasteiger partial charge in [-0.15, -0.1) is 0 Å². The van der Waals surface area contributed by atoms with E-state index >= 15 is 0 Å². The van der Waals surface area contributed by atoms with Crippen molar-refractivity contribution in [1.29, 1.82) is 0 Å². The van der Waals surface area contributed by atoms with E-state index in [1.54, 1.807) is 0 Å². The van der Waals surface area contributed by atoms with E-state index in [1.807, 2.05) is 0 Å². The van der Waals surface area contributed by atoms with Crippen molar-refractivity contribution in [3.05, 3.63) is 0 Å². The first-order valence-corrected chi connectivity index (χ1v) is 0. The van der Waals surface area contributed by atoms with Gasteiger partial charge < -0.3 is 16.4 Å². The maximum absolute atomic E-state index is 0. The molecule has 0 saturated heterocycles. The third-order valence-electron chi connectivity index (χ3n) is 0. The Hall–Kier alpha value is 3.10. The van der Waals surface area contributed by atoms with E-state index in [2.05, 4.69) is 0 Å². The van der Waals surface area contributed by atoms with Gasteiger partial charge in [0, 0.05) is 0 Å². The van der Waals surface area contributed by atoms with Gasteiger partial charge in [-0.3, -0.25) is 0 Å². The van der Waals surface area contributed by atoms with Crippen LogP contribution in [0.4, 0.5) is 0 Å². The molecule has 0 unspecified atom stereocenters. The molecule has 0 amide bonds. The van der Waals surface area contributed by atoms with E-state index in [1.165, 1.54) is 0 Å². The molecule has 0 rings (SSSR count). The Labute approximate surface area is 116 Å². The van der Waals surface area contributed by atoms with Gasteiger partial charge in [0.25, 0.3) is 0 Å². The molecule has 0 bridgehead atoms. The van der Waals surface area contributed by atoms with Crippen LogP contribution in [0.15, 0.2) is 0 Å². The van der Waals surface area contributed by atoms with Crippen LogP contribution in [0.2, 0.25) is 0 Å². The van der Waals surface area contributed by atoms with Gasteiger partial charge in [0.2, 0.25) is 0 Å². The quantitative estimate of drug-likeness (QED) is 0.360. The zero-order chi connectivity index (χ0) is 0. The second kappa shape index (κ2) is 62.1. The van der Waals surface area contributed by atoms with Crippen LogP contribution in [-0.2, 0) is 0 Å². The summed E-state index contributed by atoms with van der Waals surface area (Å²) in [6.07, 6.45) is 0. The van der Waals surface area contributed by atoms with Crippen molar-refractivity contribution in [2.45, 2.75) is 0 Å². The fraction of sp³-hybridized carbons (Fsp3) is 0. The van der Waals surface area contributed by atoms with Gasteiger partial charge in [0.15, 0.2) is 0 Å². The SMILES string of the molecule is O.O.O.S.S.[CaH2].[CaH2]. The van der Waals surface area contributed by atoms with Crippen LogP contribution in [0.1, 0.15) is 0 Å². The van der Waals surface area contributed by atoms with Gasteiger partial charge in [-0.25, -0.2) is 0 Å². The molecule has 0 saturated carbocycles. The van der Waals surface area contributed by atoms with E-state index in [0.29, 0.717) is 0 Å². The van der Waals surface area contributed by atoms with Crippen LogP contribution in [0, 0.1) is 0 Å². The summed E-state index contributed by atoms with van der Waals surface area (Å²) in [5.74, 6) is 0. The van der Waals surface area contributed by atoms with Crippen LogP contribution < -0.4 is 0 Å². The van der Waals surface area contributed by atoms with Crippen molar-refractivity contribution >= 4 is 102 Å². The predicted octanol–water partition coefficient (Wildman–Crippen LogP) is -4.08. The first kappa shape index (κ1) is 87.0. The molecule has 0 radical (unpaired) electrons. The molecule has 6 N–H and O–H groups in total. The summed E-state index contributed by atoms with van der Waals surface area (Å²) in [4.78, 5) is 0. The normalized spacial score (nSPS) is 0. The molecule has 0 aliphatic carbocycles. The Morgan fingerprint density at radius 3 is 0.429 bits per heavy atom. The fourth-order valence-electron chi connectivity index (χ4n) is 0. The first-order valence-electron chi connectivity index (χ1n) is 0. The van der Waals surface area contributed by atoms with Gasteiger partial charge in [0.1, 0.15) is 0 Å². The van der Waals surface area contributed by atoms with Crippen molar-refractivity contribution in [1.82, 2.24) is 0 Å². The van der Waals surface area contributed by atoms with Gasteiger partial charge in [0.05, 0.1) is 0 Å². The van der Waals surface area contributed by atoms with Crippen LogP contribution in [0.3, 0.4) is 0 Å². The summed E-state index contributed by atoms with van der Waals surface area (Å²) < 4.78 is 0. The molecule has 0 spiro atoms. The van der Waals surface area contributed by atoms with Crippen LogP contribution >= 0.6 is 27.0 Å². The van der Waals surface area contributed by atoms with Crippen LogP contribution in [0.5, 0.6) is 0 Å². The van der Waals surface area contributed by atoms with Crippen molar-refractivity contribution in [2.24, 2.45) is 0 Å². The maximum atomic E-state index is 0. The molecule has 0 fully saturated rings. The molecule has 0 aliphatic heterocycles. The van der Waals surface area contributed by atoms with Gasteiger partial charge >= 0.3 is 75.5 Å². The number of hydrogen-bond donors (Lipinski definition) is 0. The number of hydrogen-bond acceptors (Lipinski definition) is 0. The van der Waals surface area contributed by atoms with Gasteiger partial charge in [-0.1, -0.05) is 0 Å². The van der Waals surface area contributed by atoms with Crippen LogP contribution in [0.25, 0.3) is 0 Å². The monoisotopic (exact) mass is 206 g/mol. The Morgan fingerprint density at radius 1 is 0.429 bits per heavy atom. The van der Waals surface area contributed by atoms with E-state index in [9.17, 15) is 0 Å². The molecule has 0 aromatic carbocycles. The van der Waals surface area contributed by atoms with Crippen molar-refractivity contribution < 1.29 is 16.4 Å². The molecule has 0 aromatic rings. The molecule has 0 heterocycles. The van der Waals surface area contributed by atoms with E-state index in [4.69, 9.17) is 0 Å². The minimum absolute atomic E-state index is 0. The van der Waals surface area contributed by atoms with Crippen molar-refractivity contribution in [2.75, 3.05) is 0 Å². The summed E-state index contributed by atoms with van der Waals surface area (Å²) in [6, 6.07) is 0. The topological polar surface area (TPSA) is 94.5 Å². The zero-order valence-electron chi connectivity index (χ0n) is 2.50. The minimum atomic E-state index is 0. The summed E-state index contributed by atoms with van der Waals surface area (Å²) in [5, 5.41) is 0. The molecule has 7 heteroatoms. The third-order valence-corrected chi connectivity index (χ3v) is 0. The predicted molar refractivity (Wildman–Crippen MR) is 48.7 cm³/mol. The van der Waals surface area contributed by atoms with E-state index in [-0.39, 0.29) is 119 Å². The molecule has 48 valence electrons. The second-order valence-electron chi connectivity index (χ2n) is 0. The van der Waals surface area contributed by atoms with E-state index in [0.717, 1.165) is 0 Å². The van der Waals surface area contributed by atoms with Gasteiger partial charge in [-0.2, -0.15) is 27.0 Å². The molecule has 0 aliphatic rings. The van der Waals surface area contributed by atoms with Crippen molar-refractivity contribution in [3.63, 3.8) is 0 Å². The number of rotatable bonds is 0. The third kappa shape index (κ3) is 47.7. The molecule has 7 heavy (non-hydrogen) atoms. The fourth-order valence-corrected chi connectivity index (χ4v) is 0. The van der Waals surface area contributed by atoms with Gasteiger partial charge in [-0.05, 0) is 0 Å². The molecule has 0 atom stereocenters. The van der Waals surface area contributed by atoms with Crippen molar-refractivity contribution in [3.8, 4) is 0 Å². The summed E-state index contributed by atoms with van der Waals surface area (Å²) in [5.41, 5.74) is 0. The zero-order valence-corrected chi connectivity index (χ0v) is 4.50. The summed E-state index contributed by atoms with van der Waals surface area (Å²) >= 11 is 0. The average Bonchev–Trinajstić information content (AvgIpc) is 0. The summed E-state index contributed by atoms with van der Waals surface area (Å²) in [6.45, 7) is 0. The second-order valence-corrected chi connectivity index (χ2v) is 0. The Kier molecular flexibility index (Phi) is 773. The molecular weight excluding hydrogens is 192 g/mol. The average molecular weight is 206 g/mol. The standard InChI is InChI=1S/2Ca.3H2O.2H2S.4H/h;;5*1H2;;;;. The first-order chi connectivity index (χ1) is 0. The molecular formula is H14Ca2O3S2. The van der Waals surface area contributed by atoms with Crippen LogP contribution in [-0.4, -0.2) is 91.9 Å². The molecule has 0 aromatic heterocycles.